The van der Waals surface area contributed by atoms with Crippen LogP contribution in [0, 0.1) is 0 Å². The van der Waals surface area contributed by atoms with Gasteiger partial charge >= 0.3 is 5.97 Å². The maximum absolute atomic E-state index is 11.6. The third-order valence-corrected chi connectivity index (χ3v) is 4.35. The molecule has 1 heterocycles. The monoisotopic (exact) mass is 284 g/mol. The number of carboxylic acids is 1. The van der Waals surface area contributed by atoms with Gasteiger partial charge in [0, 0.05) is 25.2 Å². The molecule has 1 saturated carbocycles. The van der Waals surface area contributed by atoms with E-state index in [2.05, 4.69) is 31.0 Å². The molecule has 5 nitrogen and oxygen atoms in total. The predicted molar refractivity (Wildman–Crippen MR) is 77.9 cm³/mol. The molecule has 0 aromatic carbocycles. The molecule has 116 valence electrons. The van der Waals surface area contributed by atoms with E-state index >= 15 is 0 Å². The van der Waals surface area contributed by atoms with Crippen LogP contribution in [-0.4, -0.2) is 58.9 Å². The van der Waals surface area contributed by atoms with Crippen molar-refractivity contribution in [1.82, 2.24) is 10.2 Å². The van der Waals surface area contributed by atoms with Gasteiger partial charge in [0.2, 0.25) is 0 Å². The number of hydrogen-bond donors (Lipinski definition) is 2. The lowest BCUT2D eigenvalue weighted by atomic mass is 9.92. The Bertz CT molecular complexity index is 349. The smallest absolute Gasteiger partial charge is 0.323 e. The highest BCUT2D eigenvalue weighted by atomic mass is 16.5. The number of nitrogens with zero attached hydrogens (tertiary/aromatic N) is 1. The molecular weight excluding hydrogens is 256 g/mol. The van der Waals surface area contributed by atoms with E-state index in [0.717, 1.165) is 25.9 Å². The Labute approximate surface area is 121 Å². The summed E-state index contributed by atoms with van der Waals surface area (Å²) < 4.78 is 5.75. The first-order chi connectivity index (χ1) is 9.30. The minimum atomic E-state index is -0.828. The van der Waals surface area contributed by atoms with Gasteiger partial charge in [0.25, 0.3) is 0 Å². The number of carboxylic acid groups (broad SMARTS) is 1. The molecule has 0 aromatic rings. The van der Waals surface area contributed by atoms with Crippen molar-refractivity contribution in [1.29, 1.82) is 0 Å². The predicted octanol–water partition coefficient (Wildman–Crippen LogP) is 1.47. The molecule has 2 fully saturated rings. The Morgan fingerprint density at radius 3 is 2.40 bits per heavy atom. The lowest BCUT2D eigenvalue weighted by molar-refractivity contribution is -0.145. The fraction of sp³-hybridized carbons (Fsp3) is 0.933. The standard InChI is InChI=1S/C15H28N2O3/c1-10(17-8-11(2)20-12(3)9-17)7-15(4,14(18)19)16-13-5-6-13/h10-13,16H,5-9H2,1-4H3,(H,18,19). The van der Waals surface area contributed by atoms with Gasteiger partial charge in [-0.3, -0.25) is 15.0 Å². The van der Waals surface area contributed by atoms with Gasteiger partial charge in [-0.2, -0.15) is 0 Å². The summed E-state index contributed by atoms with van der Waals surface area (Å²) in [4.78, 5) is 14.0. The van der Waals surface area contributed by atoms with Crippen LogP contribution >= 0.6 is 0 Å². The lowest BCUT2D eigenvalue weighted by Gasteiger charge is -2.41. The fourth-order valence-corrected chi connectivity index (χ4v) is 3.18. The van der Waals surface area contributed by atoms with Crippen molar-refractivity contribution in [2.75, 3.05) is 13.1 Å². The zero-order valence-electron chi connectivity index (χ0n) is 13.1. The summed E-state index contributed by atoms with van der Waals surface area (Å²) in [5.41, 5.74) is -0.828. The molecule has 0 bridgehead atoms. The molecule has 0 spiro atoms. The van der Waals surface area contributed by atoms with Gasteiger partial charge in [0.1, 0.15) is 5.54 Å². The summed E-state index contributed by atoms with van der Waals surface area (Å²) in [7, 11) is 0. The Morgan fingerprint density at radius 1 is 1.40 bits per heavy atom. The summed E-state index contributed by atoms with van der Waals surface area (Å²) in [5.74, 6) is -0.745. The Kier molecular flexibility index (Phi) is 4.72. The Hall–Kier alpha value is -0.650. The second-order valence-electron chi connectivity index (χ2n) is 6.82. The number of nitrogens with one attached hydrogen (secondary N) is 1. The number of morpholine rings is 1. The average Bonchev–Trinajstić information content (AvgIpc) is 3.11. The first-order valence-corrected chi connectivity index (χ1v) is 7.71. The van der Waals surface area contributed by atoms with Crippen LogP contribution in [0.15, 0.2) is 0 Å². The van der Waals surface area contributed by atoms with Crippen LogP contribution < -0.4 is 5.32 Å². The topological polar surface area (TPSA) is 61.8 Å². The number of rotatable bonds is 6. The van der Waals surface area contributed by atoms with Crippen molar-refractivity contribution in [2.45, 2.75) is 76.8 Å². The summed E-state index contributed by atoms with van der Waals surface area (Å²) in [6.07, 6.45) is 3.26. The second kappa shape index (κ2) is 6.00. The largest absolute Gasteiger partial charge is 0.480 e. The fourth-order valence-electron chi connectivity index (χ4n) is 3.18. The van der Waals surface area contributed by atoms with Gasteiger partial charge in [0.05, 0.1) is 12.2 Å². The zero-order valence-corrected chi connectivity index (χ0v) is 13.1. The van der Waals surface area contributed by atoms with Gasteiger partial charge < -0.3 is 9.84 Å². The van der Waals surface area contributed by atoms with Gasteiger partial charge in [0.15, 0.2) is 0 Å². The summed E-state index contributed by atoms with van der Waals surface area (Å²) in [6.45, 7) is 9.86. The Balaban J connectivity index is 1.96. The summed E-state index contributed by atoms with van der Waals surface area (Å²) in [6, 6.07) is 0.627. The minimum absolute atomic E-state index is 0.216. The Morgan fingerprint density at radius 2 is 1.95 bits per heavy atom. The lowest BCUT2D eigenvalue weighted by Crippen LogP contribution is -2.56. The van der Waals surface area contributed by atoms with E-state index in [0.29, 0.717) is 12.5 Å². The molecular formula is C15H28N2O3. The molecule has 20 heavy (non-hydrogen) atoms. The molecule has 4 unspecified atom stereocenters. The first kappa shape index (κ1) is 15.7. The second-order valence-corrected chi connectivity index (χ2v) is 6.82. The number of carbonyl (C=O) groups is 1. The maximum Gasteiger partial charge on any atom is 0.323 e. The van der Waals surface area contributed by atoms with E-state index in [4.69, 9.17) is 4.74 Å². The summed E-state index contributed by atoms with van der Waals surface area (Å²) >= 11 is 0. The quantitative estimate of drug-likeness (QED) is 0.773. The van der Waals surface area contributed by atoms with Crippen LogP contribution in [-0.2, 0) is 9.53 Å². The number of aliphatic carboxylic acids is 1. The van der Waals surface area contributed by atoms with Crippen molar-refractivity contribution in [2.24, 2.45) is 0 Å². The molecule has 2 rings (SSSR count). The first-order valence-electron chi connectivity index (χ1n) is 7.71. The molecule has 2 aliphatic rings. The van der Waals surface area contributed by atoms with Crippen molar-refractivity contribution in [3.63, 3.8) is 0 Å². The van der Waals surface area contributed by atoms with Crippen molar-refractivity contribution >= 4 is 5.97 Å². The van der Waals surface area contributed by atoms with Crippen molar-refractivity contribution in [3.05, 3.63) is 0 Å². The number of hydrogen-bond acceptors (Lipinski definition) is 4. The molecule has 0 amide bonds. The third kappa shape index (κ3) is 3.93. The van der Waals surface area contributed by atoms with E-state index in [1.54, 1.807) is 0 Å². The molecule has 2 N–H and O–H groups in total. The van der Waals surface area contributed by atoms with Gasteiger partial charge in [-0.1, -0.05) is 0 Å². The normalized spacial score (nSPS) is 32.6. The maximum atomic E-state index is 11.6. The molecule has 1 aliphatic carbocycles. The summed E-state index contributed by atoms with van der Waals surface area (Å²) in [5, 5.41) is 12.9. The van der Waals surface area contributed by atoms with Crippen LogP contribution in [0.25, 0.3) is 0 Å². The third-order valence-electron chi connectivity index (χ3n) is 4.35. The van der Waals surface area contributed by atoms with Crippen LogP contribution in [0.5, 0.6) is 0 Å². The van der Waals surface area contributed by atoms with Gasteiger partial charge in [-0.25, -0.2) is 0 Å². The highest BCUT2D eigenvalue weighted by Crippen LogP contribution is 2.27. The van der Waals surface area contributed by atoms with E-state index < -0.39 is 11.5 Å². The SMILES string of the molecule is CC1CN(C(C)CC(C)(NC2CC2)C(=O)O)CC(C)O1. The van der Waals surface area contributed by atoms with Gasteiger partial charge in [-0.05, 0) is 47.0 Å². The molecule has 5 heteroatoms. The molecule has 4 atom stereocenters. The molecule has 0 radical (unpaired) electrons. The van der Waals surface area contributed by atoms with Crippen LogP contribution in [0.4, 0.5) is 0 Å². The molecule has 1 saturated heterocycles. The molecule has 0 aromatic heterocycles. The van der Waals surface area contributed by atoms with Crippen LogP contribution in [0.3, 0.4) is 0 Å². The van der Waals surface area contributed by atoms with Crippen molar-refractivity contribution in [3.8, 4) is 0 Å². The minimum Gasteiger partial charge on any atom is -0.480 e. The van der Waals surface area contributed by atoms with Crippen molar-refractivity contribution < 1.29 is 14.6 Å². The van der Waals surface area contributed by atoms with E-state index in [9.17, 15) is 9.90 Å². The highest BCUT2D eigenvalue weighted by molar-refractivity contribution is 5.78. The highest BCUT2D eigenvalue weighted by Gasteiger charge is 2.41. The van der Waals surface area contributed by atoms with Crippen LogP contribution in [0.2, 0.25) is 0 Å². The van der Waals surface area contributed by atoms with E-state index in [1.807, 2.05) is 6.92 Å². The number of ether oxygens (including phenoxy) is 1. The molecule has 1 aliphatic heterocycles. The van der Waals surface area contributed by atoms with Gasteiger partial charge in [-0.15, -0.1) is 0 Å². The average molecular weight is 284 g/mol. The van der Waals surface area contributed by atoms with E-state index in [-0.39, 0.29) is 18.2 Å². The van der Waals surface area contributed by atoms with E-state index in [1.165, 1.54) is 0 Å². The van der Waals surface area contributed by atoms with Crippen LogP contribution in [0.1, 0.15) is 47.0 Å². The zero-order chi connectivity index (χ0) is 14.9.